The van der Waals surface area contributed by atoms with Gasteiger partial charge in [-0.2, -0.15) is 10.2 Å². The van der Waals surface area contributed by atoms with Crippen molar-refractivity contribution in [2.75, 3.05) is 13.2 Å². The average molecular weight is 442 g/mol. The summed E-state index contributed by atoms with van der Waals surface area (Å²) in [4.78, 5) is 23.7. The lowest BCUT2D eigenvalue weighted by molar-refractivity contribution is -0.126. The third-order valence-corrected chi connectivity index (χ3v) is 3.95. The number of carbonyl (C=O) groups is 2. The van der Waals surface area contributed by atoms with Crippen molar-refractivity contribution in [1.82, 2.24) is 10.9 Å². The zero-order valence-corrected chi connectivity index (χ0v) is 17.9. The number of carbonyl (C=O) groups excluding carboxylic acids is 2. The number of rotatable bonds is 11. The number of hydrogen-bond acceptors (Lipinski definition) is 8. The summed E-state index contributed by atoms with van der Waals surface area (Å²) in [5.41, 5.74) is 5.91. The SMILES string of the molecule is CCOc1cc(/C=N\NC(=O)CCC(=O)N/N=C/c2ccc(O)c(OCC)c2)ccc1O. The number of nitrogens with zero attached hydrogens (tertiary/aromatic N) is 2. The van der Waals surface area contributed by atoms with Gasteiger partial charge in [-0.1, -0.05) is 0 Å². The van der Waals surface area contributed by atoms with Crippen LogP contribution in [0.5, 0.6) is 23.0 Å². The Labute approximate surface area is 185 Å². The lowest BCUT2D eigenvalue weighted by Gasteiger charge is -2.06. The Morgan fingerprint density at radius 3 is 1.59 bits per heavy atom. The second-order valence-corrected chi connectivity index (χ2v) is 6.41. The second-order valence-electron chi connectivity index (χ2n) is 6.41. The van der Waals surface area contributed by atoms with E-state index in [-0.39, 0.29) is 24.3 Å². The summed E-state index contributed by atoms with van der Waals surface area (Å²) in [6.07, 6.45) is 2.65. The maximum Gasteiger partial charge on any atom is 0.240 e. The highest BCUT2D eigenvalue weighted by Crippen LogP contribution is 2.26. The summed E-state index contributed by atoms with van der Waals surface area (Å²) in [7, 11) is 0. The van der Waals surface area contributed by atoms with Gasteiger partial charge in [-0.3, -0.25) is 9.59 Å². The van der Waals surface area contributed by atoms with Crippen LogP contribution in [0.2, 0.25) is 0 Å². The molecule has 0 unspecified atom stereocenters. The molecule has 0 saturated heterocycles. The highest BCUT2D eigenvalue weighted by Gasteiger charge is 2.06. The van der Waals surface area contributed by atoms with Crippen LogP contribution in [0, 0.1) is 0 Å². The molecule has 2 rings (SSSR count). The summed E-state index contributed by atoms with van der Waals surface area (Å²) in [6, 6.07) is 9.34. The van der Waals surface area contributed by atoms with E-state index in [0.29, 0.717) is 35.8 Å². The molecule has 0 atom stereocenters. The maximum absolute atomic E-state index is 11.8. The van der Waals surface area contributed by atoms with Gasteiger partial charge in [0.15, 0.2) is 23.0 Å². The maximum atomic E-state index is 11.8. The van der Waals surface area contributed by atoms with Crippen molar-refractivity contribution in [2.45, 2.75) is 26.7 Å². The predicted octanol–water partition coefficient (Wildman–Crippen LogP) is 2.28. The van der Waals surface area contributed by atoms with Crippen molar-refractivity contribution >= 4 is 24.2 Å². The van der Waals surface area contributed by atoms with Crippen molar-refractivity contribution < 1.29 is 29.3 Å². The zero-order chi connectivity index (χ0) is 23.3. The van der Waals surface area contributed by atoms with E-state index >= 15 is 0 Å². The fourth-order valence-corrected chi connectivity index (χ4v) is 2.46. The second kappa shape index (κ2) is 12.6. The molecule has 0 radical (unpaired) electrons. The number of aromatic hydroxyl groups is 2. The third kappa shape index (κ3) is 7.98. The Balaban J connectivity index is 1.75. The minimum Gasteiger partial charge on any atom is -0.504 e. The van der Waals surface area contributed by atoms with Crippen LogP contribution in [0.3, 0.4) is 0 Å². The number of hydrazone groups is 2. The van der Waals surface area contributed by atoms with Crippen molar-refractivity contribution in [3.63, 3.8) is 0 Å². The molecule has 0 aromatic heterocycles. The molecule has 0 heterocycles. The Hall–Kier alpha value is -4.08. The topological polar surface area (TPSA) is 142 Å². The Morgan fingerprint density at radius 1 is 0.812 bits per heavy atom. The molecular weight excluding hydrogens is 416 g/mol. The quantitative estimate of drug-likeness (QED) is 0.311. The van der Waals surface area contributed by atoms with Crippen molar-refractivity contribution in [2.24, 2.45) is 10.2 Å². The smallest absolute Gasteiger partial charge is 0.240 e. The van der Waals surface area contributed by atoms with Gasteiger partial charge in [0.2, 0.25) is 11.8 Å². The summed E-state index contributed by atoms with van der Waals surface area (Å²) in [5.74, 6) is -0.209. The first-order chi connectivity index (χ1) is 15.4. The summed E-state index contributed by atoms with van der Waals surface area (Å²) >= 11 is 0. The fourth-order valence-electron chi connectivity index (χ4n) is 2.46. The molecule has 4 N–H and O–H groups in total. The lowest BCUT2D eigenvalue weighted by atomic mass is 10.2. The molecule has 2 amide bonds. The van der Waals surface area contributed by atoms with Gasteiger partial charge in [0, 0.05) is 12.8 Å². The summed E-state index contributed by atoms with van der Waals surface area (Å²) in [6.45, 7) is 4.40. The summed E-state index contributed by atoms with van der Waals surface area (Å²) in [5, 5.41) is 27.0. The number of ether oxygens (including phenoxy) is 2. The van der Waals surface area contributed by atoms with E-state index < -0.39 is 11.8 Å². The monoisotopic (exact) mass is 442 g/mol. The van der Waals surface area contributed by atoms with Gasteiger partial charge in [-0.25, -0.2) is 10.9 Å². The molecule has 0 aliphatic rings. The number of hydrogen-bond donors (Lipinski definition) is 4. The van der Waals surface area contributed by atoms with Crippen LogP contribution in [0.4, 0.5) is 0 Å². The largest absolute Gasteiger partial charge is 0.504 e. The Morgan fingerprint density at radius 2 is 1.22 bits per heavy atom. The fraction of sp³-hybridized carbons (Fsp3) is 0.273. The number of phenols is 2. The lowest BCUT2D eigenvalue weighted by Crippen LogP contribution is -2.22. The van der Waals surface area contributed by atoms with Crippen LogP contribution >= 0.6 is 0 Å². The molecule has 0 fully saturated rings. The van der Waals surface area contributed by atoms with Gasteiger partial charge in [0.05, 0.1) is 25.6 Å². The van der Waals surface area contributed by atoms with E-state index in [1.54, 1.807) is 38.1 Å². The minimum absolute atomic E-state index is 0.0156. The molecule has 170 valence electrons. The van der Waals surface area contributed by atoms with Gasteiger partial charge in [0.1, 0.15) is 0 Å². The van der Waals surface area contributed by atoms with Crippen LogP contribution in [0.1, 0.15) is 37.8 Å². The van der Waals surface area contributed by atoms with Crippen LogP contribution in [-0.4, -0.2) is 47.7 Å². The summed E-state index contributed by atoms with van der Waals surface area (Å²) < 4.78 is 10.6. The van der Waals surface area contributed by atoms with E-state index in [4.69, 9.17) is 9.47 Å². The zero-order valence-electron chi connectivity index (χ0n) is 17.9. The van der Waals surface area contributed by atoms with Crippen LogP contribution in [0.25, 0.3) is 0 Å². The highest BCUT2D eigenvalue weighted by molar-refractivity contribution is 5.87. The molecule has 10 heteroatoms. The van der Waals surface area contributed by atoms with Gasteiger partial charge in [0.25, 0.3) is 0 Å². The van der Waals surface area contributed by atoms with E-state index in [1.807, 2.05) is 0 Å². The molecule has 32 heavy (non-hydrogen) atoms. The number of phenolic OH excluding ortho intramolecular Hbond substituents is 2. The molecule has 0 saturated carbocycles. The van der Waals surface area contributed by atoms with Crippen LogP contribution in [0.15, 0.2) is 46.6 Å². The van der Waals surface area contributed by atoms with E-state index in [0.717, 1.165) is 0 Å². The van der Waals surface area contributed by atoms with Crippen LogP contribution in [-0.2, 0) is 9.59 Å². The molecule has 0 aliphatic heterocycles. The first-order valence-corrected chi connectivity index (χ1v) is 9.98. The average Bonchev–Trinajstić information content (AvgIpc) is 2.77. The van der Waals surface area contributed by atoms with Gasteiger partial charge in [-0.05, 0) is 61.4 Å². The normalized spacial score (nSPS) is 10.9. The minimum atomic E-state index is -0.441. The molecule has 0 spiro atoms. The third-order valence-electron chi connectivity index (χ3n) is 3.95. The predicted molar refractivity (Wildman–Crippen MR) is 119 cm³/mol. The number of nitrogens with one attached hydrogen (secondary N) is 2. The molecule has 10 nitrogen and oxygen atoms in total. The standard InChI is InChI=1S/C22H26N4O6/c1-3-31-19-11-15(5-7-17(19)27)13-23-25-21(29)9-10-22(30)26-24-14-16-6-8-18(28)20(12-16)32-4-2/h5-8,11-14,27-28H,3-4,9-10H2,1-2H3,(H,25,29)(H,26,30)/b23-13-,24-14+. The van der Waals surface area contributed by atoms with Gasteiger partial charge >= 0.3 is 0 Å². The molecule has 0 aliphatic carbocycles. The molecular formula is C22H26N4O6. The number of amides is 2. The first kappa shape index (κ1) is 24.2. The van der Waals surface area contributed by atoms with Crippen LogP contribution < -0.4 is 20.3 Å². The Kier molecular flexibility index (Phi) is 9.51. The van der Waals surface area contributed by atoms with E-state index in [1.165, 1.54) is 24.6 Å². The van der Waals surface area contributed by atoms with Gasteiger partial charge < -0.3 is 19.7 Å². The van der Waals surface area contributed by atoms with Crippen molar-refractivity contribution in [3.8, 4) is 23.0 Å². The van der Waals surface area contributed by atoms with Crippen molar-refractivity contribution in [1.29, 1.82) is 0 Å². The Bertz CT molecular complexity index is 911. The van der Waals surface area contributed by atoms with Gasteiger partial charge in [-0.15, -0.1) is 0 Å². The highest BCUT2D eigenvalue weighted by atomic mass is 16.5. The molecule has 2 aromatic rings. The molecule has 0 bridgehead atoms. The first-order valence-electron chi connectivity index (χ1n) is 9.98. The van der Waals surface area contributed by atoms with Crippen molar-refractivity contribution in [3.05, 3.63) is 47.5 Å². The molecule has 2 aromatic carbocycles. The number of benzene rings is 2. The van der Waals surface area contributed by atoms with E-state index in [9.17, 15) is 19.8 Å². The van der Waals surface area contributed by atoms with E-state index in [2.05, 4.69) is 21.1 Å².